The summed E-state index contributed by atoms with van der Waals surface area (Å²) in [6, 6.07) is 0. The van der Waals surface area contributed by atoms with Crippen LogP contribution in [0.4, 0.5) is 0 Å². The predicted molar refractivity (Wildman–Crippen MR) is 174 cm³/mol. The Hall–Kier alpha value is -4.46. The lowest BCUT2D eigenvalue weighted by Crippen LogP contribution is -2.14. The summed E-state index contributed by atoms with van der Waals surface area (Å²) in [6.07, 6.45) is 12.2. The number of hydrogen-bond acceptors (Lipinski definition) is 4. The van der Waals surface area contributed by atoms with E-state index in [1.54, 1.807) is 0 Å². The Morgan fingerprint density at radius 1 is 0.523 bits per heavy atom. The topological polar surface area (TPSA) is 116 Å². The van der Waals surface area contributed by atoms with Crippen molar-refractivity contribution < 1.29 is 19.1 Å². The third-order valence-electron chi connectivity index (χ3n) is 9.28. The second-order valence-electron chi connectivity index (χ2n) is 11.7. The van der Waals surface area contributed by atoms with E-state index in [1.165, 1.54) is 36.5 Å². The predicted octanol–water partition coefficient (Wildman–Crippen LogP) is 3.20. The van der Waals surface area contributed by atoms with Crippen LogP contribution in [-0.2, 0) is 44.7 Å². The molecule has 0 spiro atoms. The molecule has 8 heteroatoms. The first-order valence-electron chi connectivity index (χ1n) is 15.5. The molecule has 0 aromatic carbocycles. The molecule has 0 unspecified atom stereocenters. The molecule has 0 atom stereocenters. The molecule has 0 saturated carbocycles. The summed E-state index contributed by atoms with van der Waals surface area (Å²) < 4.78 is 9.94. The molecule has 0 radical (unpaired) electrons. The number of carbonyl (C=O) groups excluding carboxylic acids is 2. The maximum absolute atomic E-state index is 12.2. The van der Waals surface area contributed by atoms with E-state index in [2.05, 4.69) is 85.8 Å². The van der Waals surface area contributed by atoms with Gasteiger partial charge < -0.3 is 29.4 Å². The van der Waals surface area contributed by atoms with Gasteiger partial charge in [-0.25, -0.2) is 0 Å². The van der Waals surface area contributed by atoms with Gasteiger partial charge in [0.2, 0.25) is 0 Å². The van der Waals surface area contributed by atoms with Gasteiger partial charge in [0.05, 0.1) is 14.2 Å². The second-order valence-corrected chi connectivity index (χ2v) is 11.7. The van der Waals surface area contributed by atoms with E-state index in [4.69, 9.17) is 9.47 Å². The molecule has 0 saturated heterocycles. The molecule has 4 aromatic heterocycles. The minimum Gasteiger partial charge on any atom is -0.469 e. The Bertz CT molecular complexity index is 1990. The molecule has 0 fully saturated rings. The Balaban J connectivity index is 1.87. The standard InChI is InChI=1S/C36H44N4O4/c1-9-23-19(3)27-15-28-21(5)25(11-13-35(41)43-7)33(39-28)18-34-26(12-14-36(42)44-8)22(6)30(40-34)17-32-24(10-2)20(4)29(38-32)16-31(23)37-27/h15-18,37-40H,9-14H2,1-8H3. The number of fused-ring (bicyclic) bond motifs is 8. The molecule has 1 aliphatic rings. The molecule has 232 valence electrons. The number of methoxy groups -OCH3 is 2. The van der Waals surface area contributed by atoms with Crippen LogP contribution in [0.1, 0.15) is 94.0 Å². The molecular weight excluding hydrogens is 552 g/mol. The summed E-state index contributed by atoms with van der Waals surface area (Å²) in [6.45, 7) is 12.9. The van der Waals surface area contributed by atoms with Crippen LogP contribution in [0.25, 0.3) is 24.3 Å². The van der Waals surface area contributed by atoms with Gasteiger partial charge in [-0.1, -0.05) is 13.8 Å². The quantitative estimate of drug-likeness (QED) is 0.206. The Kier molecular flexibility index (Phi) is 8.90. The zero-order chi connectivity index (χ0) is 31.7. The van der Waals surface area contributed by atoms with Crippen molar-refractivity contribution in [2.75, 3.05) is 14.2 Å². The SMILES string of the molecule is CCc1c2[nH]c(c1C)C=c1[nH]c(c(CCC(=O)OC)c1C)=Cc1[nH]c(c(C)c1CCC(=O)OC)C=c1[nH]c(c(C)c1CC)=C2. The lowest BCUT2D eigenvalue weighted by atomic mass is 10.0. The molecule has 0 aliphatic carbocycles. The van der Waals surface area contributed by atoms with E-state index >= 15 is 0 Å². The maximum atomic E-state index is 12.2. The van der Waals surface area contributed by atoms with Gasteiger partial charge in [0.25, 0.3) is 0 Å². The normalized spacial score (nSPS) is 12.2. The average molecular weight is 597 g/mol. The van der Waals surface area contributed by atoms with E-state index in [-0.39, 0.29) is 24.8 Å². The van der Waals surface area contributed by atoms with Gasteiger partial charge in [0.1, 0.15) is 0 Å². The molecule has 1 aliphatic heterocycles. The number of aromatic amines is 4. The Morgan fingerprint density at radius 3 is 1.48 bits per heavy atom. The van der Waals surface area contributed by atoms with Gasteiger partial charge in [-0.05, 0) is 122 Å². The maximum Gasteiger partial charge on any atom is 0.305 e. The number of aromatic nitrogens is 4. The molecule has 4 N–H and O–H groups in total. The van der Waals surface area contributed by atoms with Gasteiger partial charge in [-0.2, -0.15) is 0 Å². The monoisotopic (exact) mass is 596 g/mol. The fourth-order valence-electron chi connectivity index (χ4n) is 6.58. The first kappa shape index (κ1) is 31.0. The van der Waals surface area contributed by atoms with Crippen molar-refractivity contribution in [3.63, 3.8) is 0 Å². The molecular formula is C36H44N4O4. The number of nitrogens with one attached hydrogen (secondary N) is 4. The van der Waals surface area contributed by atoms with Crippen LogP contribution >= 0.6 is 0 Å². The van der Waals surface area contributed by atoms with Gasteiger partial charge in [0, 0.05) is 57.0 Å². The fraction of sp³-hybridized carbons (Fsp3) is 0.389. The van der Waals surface area contributed by atoms with Crippen LogP contribution in [0, 0.1) is 27.7 Å². The van der Waals surface area contributed by atoms with E-state index < -0.39 is 0 Å². The van der Waals surface area contributed by atoms with Crippen LogP contribution in [0.5, 0.6) is 0 Å². The fourth-order valence-corrected chi connectivity index (χ4v) is 6.58. The largest absolute Gasteiger partial charge is 0.469 e. The van der Waals surface area contributed by atoms with E-state index in [0.29, 0.717) is 12.8 Å². The Morgan fingerprint density at radius 2 is 0.932 bits per heavy atom. The molecule has 4 aromatic rings. The molecule has 8 bridgehead atoms. The van der Waals surface area contributed by atoms with Crippen molar-refractivity contribution in [1.29, 1.82) is 0 Å². The van der Waals surface area contributed by atoms with Crippen LogP contribution in [0.3, 0.4) is 0 Å². The Labute approximate surface area is 258 Å². The van der Waals surface area contributed by atoms with Crippen LogP contribution in [0.2, 0.25) is 0 Å². The first-order valence-corrected chi connectivity index (χ1v) is 15.5. The highest BCUT2D eigenvalue weighted by molar-refractivity contribution is 5.71. The van der Waals surface area contributed by atoms with Gasteiger partial charge in [0.15, 0.2) is 0 Å². The summed E-state index contributed by atoms with van der Waals surface area (Å²) in [7, 11) is 2.84. The first-order chi connectivity index (χ1) is 21.1. The smallest absolute Gasteiger partial charge is 0.305 e. The zero-order valence-corrected chi connectivity index (χ0v) is 27.2. The van der Waals surface area contributed by atoms with Crippen molar-refractivity contribution in [2.24, 2.45) is 0 Å². The minimum absolute atomic E-state index is 0.243. The third kappa shape index (κ3) is 5.73. The zero-order valence-electron chi connectivity index (χ0n) is 27.2. The highest BCUT2D eigenvalue weighted by Crippen LogP contribution is 2.23. The summed E-state index contributed by atoms with van der Waals surface area (Å²) in [5.74, 6) is -0.487. The van der Waals surface area contributed by atoms with E-state index in [1.807, 2.05) is 0 Å². The van der Waals surface area contributed by atoms with Crippen LogP contribution in [-0.4, -0.2) is 46.1 Å². The second kappa shape index (κ2) is 12.6. The molecule has 5 rings (SSSR count). The highest BCUT2D eigenvalue weighted by atomic mass is 16.5. The van der Waals surface area contributed by atoms with Crippen molar-refractivity contribution in [1.82, 2.24) is 19.9 Å². The minimum atomic E-state index is -0.244. The lowest BCUT2D eigenvalue weighted by Gasteiger charge is -2.03. The summed E-state index contributed by atoms with van der Waals surface area (Å²) in [4.78, 5) is 39.1. The van der Waals surface area contributed by atoms with Crippen LogP contribution < -0.4 is 21.4 Å². The number of hydrogen-bond donors (Lipinski definition) is 4. The van der Waals surface area contributed by atoms with Crippen LogP contribution in [0.15, 0.2) is 0 Å². The van der Waals surface area contributed by atoms with Gasteiger partial charge >= 0.3 is 11.9 Å². The van der Waals surface area contributed by atoms with Gasteiger partial charge in [-0.15, -0.1) is 0 Å². The number of carbonyl (C=O) groups is 2. The average Bonchev–Trinajstić information content (AvgIpc) is 3.67. The van der Waals surface area contributed by atoms with E-state index in [0.717, 1.165) is 79.3 Å². The van der Waals surface area contributed by atoms with Crippen molar-refractivity contribution >= 4 is 36.2 Å². The van der Waals surface area contributed by atoms with Crippen molar-refractivity contribution in [2.45, 2.75) is 80.1 Å². The summed E-state index contributed by atoms with van der Waals surface area (Å²) >= 11 is 0. The number of ether oxygens (including phenoxy) is 2. The highest BCUT2D eigenvalue weighted by Gasteiger charge is 2.18. The lowest BCUT2D eigenvalue weighted by molar-refractivity contribution is -0.141. The number of H-pyrrole nitrogens is 4. The molecule has 8 nitrogen and oxygen atoms in total. The summed E-state index contributed by atoms with van der Waals surface area (Å²) in [5, 5.41) is 4.08. The molecule has 44 heavy (non-hydrogen) atoms. The van der Waals surface area contributed by atoms with Crippen molar-refractivity contribution in [3.05, 3.63) is 88.7 Å². The summed E-state index contributed by atoms with van der Waals surface area (Å²) in [5.41, 5.74) is 13.4. The van der Waals surface area contributed by atoms with E-state index in [9.17, 15) is 9.59 Å². The van der Waals surface area contributed by atoms with Crippen molar-refractivity contribution in [3.8, 4) is 0 Å². The molecule has 5 heterocycles. The number of rotatable bonds is 8. The molecule has 0 amide bonds. The van der Waals surface area contributed by atoms with Gasteiger partial charge in [-0.3, -0.25) is 9.59 Å². The number of esters is 2. The third-order valence-corrected chi connectivity index (χ3v) is 9.28.